The van der Waals surface area contributed by atoms with Gasteiger partial charge in [-0.3, -0.25) is 4.90 Å². The summed E-state index contributed by atoms with van der Waals surface area (Å²) in [5.74, 6) is 3.88. The quantitative estimate of drug-likeness (QED) is 0.327. The van der Waals surface area contributed by atoms with Crippen LogP contribution in [0.3, 0.4) is 0 Å². The maximum Gasteiger partial charge on any atom is 0.191 e. The van der Waals surface area contributed by atoms with Crippen molar-refractivity contribution in [2.75, 3.05) is 26.2 Å². The number of nitrogens with zero attached hydrogens (tertiary/aromatic N) is 5. The van der Waals surface area contributed by atoms with Gasteiger partial charge in [-0.05, 0) is 57.8 Å². The monoisotopic (exact) mass is 527 g/mol. The topological polar surface area (TPSA) is 83.5 Å². The molecule has 2 aliphatic rings. The van der Waals surface area contributed by atoms with Crippen LogP contribution in [0.15, 0.2) is 27.8 Å². The van der Waals surface area contributed by atoms with Crippen molar-refractivity contribution >= 4 is 29.9 Å². The van der Waals surface area contributed by atoms with Crippen molar-refractivity contribution in [1.82, 2.24) is 30.3 Å². The average Bonchev–Trinajstić information content (AvgIpc) is 3.43. The Morgan fingerprint density at radius 2 is 1.97 bits per heavy atom. The summed E-state index contributed by atoms with van der Waals surface area (Å²) in [5, 5.41) is 15.6. The molecule has 0 saturated carbocycles. The van der Waals surface area contributed by atoms with Gasteiger partial charge in [0, 0.05) is 26.1 Å². The van der Waals surface area contributed by atoms with Crippen molar-refractivity contribution in [2.45, 2.75) is 64.6 Å². The molecule has 0 radical (unpaired) electrons. The highest BCUT2D eigenvalue weighted by molar-refractivity contribution is 14.0. The van der Waals surface area contributed by atoms with Crippen molar-refractivity contribution in [3.8, 4) is 0 Å². The van der Waals surface area contributed by atoms with Gasteiger partial charge in [-0.15, -0.1) is 34.2 Å². The lowest BCUT2D eigenvalue weighted by molar-refractivity contribution is 0.146. The molecule has 2 aliphatic heterocycles. The second kappa shape index (κ2) is 11.7. The first-order chi connectivity index (χ1) is 14.3. The number of rotatable bonds is 7. The minimum atomic E-state index is 0. The second-order valence-electron chi connectivity index (χ2n) is 7.85. The Labute approximate surface area is 195 Å². The summed E-state index contributed by atoms with van der Waals surface area (Å²) in [6.07, 6.45) is 9.01. The van der Waals surface area contributed by atoms with Crippen molar-refractivity contribution in [2.24, 2.45) is 4.99 Å². The van der Waals surface area contributed by atoms with Crippen LogP contribution >= 0.6 is 24.0 Å². The molecule has 1 saturated heterocycles. The van der Waals surface area contributed by atoms with E-state index in [1.54, 1.807) is 6.26 Å². The third-order valence-corrected chi connectivity index (χ3v) is 5.82. The molecule has 1 atom stereocenters. The molecule has 1 unspecified atom stereocenters. The predicted molar refractivity (Wildman–Crippen MR) is 128 cm³/mol. The Hall–Kier alpha value is -1.62. The molecule has 0 bridgehead atoms. The van der Waals surface area contributed by atoms with Gasteiger partial charge in [-0.2, -0.15) is 0 Å². The van der Waals surface area contributed by atoms with E-state index in [0.717, 1.165) is 62.5 Å². The molecular weight excluding hydrogens is 493 g/mol. The third kappa shape index (κ3) is 5.75. The van der Waals surface area contributed by atoms with Crippen molar-refractivity contribution in [1.29, 1.82) is 0 Å². The van der Waals surface area contributed by atoms with Gasteiger partial charge >= 0.3 is 0 Å². The van der Waals surface area contributed by atoms with Gasteiger partial charge in [-0.25, -0.2) is 4.99 Å². The van der Waals surface area contributed by atoms with Crippen LogP contribution in [0, 0.1) is 0 Å². The van der Waals surface area contributed by atoms with Crippen LogP contribution in [0.2, 0.25) is 0 Å². The number of aryl methyl sites for hydroxylation is 1. The first-order valence-corrected chi connectivity index (χ1v) is 11.1. The lowest BCUT2D eigenvalue weighted by Crippen LogP contribution is -2.44. The fourth-order valence-electron chi connectivity index (χ4n) is 4.29. The fourth-order valence-corrected chi connectivity index (χ4v) is 4.29. The molecule has 4 heterocycles. The van der Waals surface area contributed by atoms with E-state index in [1.807, 2.05) is 6.07 Å². The van der Waals surface area contributed by atoms with Gasteiger partial charge in [-0.1, -0.05) is 6.42 Å². The Kier molecular flexibility index (Phi) is 8.98. The predicted octanol–water partition coefficient (Wildman–Crippen LogP) is 3.11. The number of piperidine rings is 1. The first kappa shape index (κ1) is 23.1. The molecule has 1 fully saturated rings. The average molecular weight is 527 g/mol. The van der Waals surface area contributed by atoms with Gasteiger partial charge < -0.3 is 19.6 Å². The fraction of sp³-hybridized carbons (Fsp3) is 0.667. The Bertz CT molecular complexity index is 783. The van der Waals surface area contributed by atoms with E-state index < -0.39 is 0 Å². The van der Waals surface area contributed by atoms with E-state index in [2.05, 4.69) is 43.3 Å². The highest BCUT2D eigenvalue weighted by Crippen LogP contribution is 2.24. The number of guanidine groups is 1. The van der Waals surface area contributed by atoms with E-state index in [4.69, 9.17) is 9.41 Å². The molecule has 2 aromatic heterocycles. The number of hydrogen-bond acceptors (Lipinski definition) is 5. The van der Waals surface area contributed by atoms with Crippen LogP contribution in [0.25, 0.3) is 0 Å². The molecule has 0 aliphatic carbocycles. The lowest BCUT2D eigenvalue weighted by atomic mass is 10.1. The summed E-state index contributed by atoms with van der Waals surface area (Å²) in [6.45, 7) is 7.45. The van der Waals surface area contributed by atoms with Crippen molar-refractivity contribution < 1.29 is 4.42 Å². The highest BCUT2D eigenvalue weighted by atomic mass is 127. The van der Waals surface area contributed by atoms with Gasteiger partial charge in [0.15, 0.2) is 11.8 Å². The zero-order valence-corrected chi connectivity index (χ0v) is 20.2. The number of hydrogen-bond donors (Lipinski definition) is 2. The normalized spacial score (nSPS) is 18.4. The number of fused-ring (bicyclic) bond motifs is 1. The Balaban J connectivity index is 0.00000256. The van der Waals surface area contributed by atoms with Crippen LogP contribution in [0.5, 0.6) is 0 Å². The molecule has 0 aromatic carbocycles. The number of aromatic nitrogens is 3. The van der Waals surface area contributed by atoms with E-state index in [9.17, 15) is 0 Å². The SMILES string of the molecule is CCNC(=NCc1nnc2n1CCCC2)NCC(c1ccco1)N1CCCCC1.I. The van der Waals surface area contributed by atoms with Crippen LogP contribution < -0.4 is 10.6 Å². The van der Waals surface area contributed by atoms with Gasteiger partial charge in [0.1, 0.15) is 18.1 Å². The number of aliphatic imine (C=N–C) groups is 1. The van der Waals surface area contributed by atoms with Gasteiger partial charge in [0.25, 0.3) is 0 Å². The van der Waals surface area contributed by atoms with Gasteiger partial charge in [0.2, 0.25) is 0 Å². The highest BCUT2D eigenvalue weighted by Gasteiger charge is 2.24. The summed E-state index contributed by atoms with van der Waals surface area (Å²) >= 11 is 0. The van der Waals surface area contributed by atoms with E-state index >= 15 is 0 Å². The standard InChI is InChI=1S/C21H33N7O.HI/c1-2-22-21(24-16-20-26-25-19-10-4-7-13-28(19)20)23-15-17(18-9-8-14-29-18)27-11-5-3-6-12-27;/h8-9,14,17H,2-7,10-13,15-16H2,1H3,(H2,22,23,24);1H. The zero-order valence-electron chi connectivity index (χ0n) is 17.8. The van der Waals surface area contributed by atoms with Crippen LogP contribution in [0.1, 0.15) is 62.5 Å². The van der Waals surface area contributed by atoms with Crippen LogP contribution in [-0.2, 0) is 19.5 Å². The molecule has 9 heteroatoms. The lowest BCUT2D eigenvalue weighted by Gasteiger charge is -2.33. The molecule has 2 N–H and O–H groups in total. The van der Waals surface area contributed by atoms with Crippen molar-refractivity contribution in [3.05, 3.63) is 35.8 Å². The minimum Gasteiger partial charge on any atom is -0.468 e. The molecule has 30 heavy (non-hydrogen) atoms. The molecule has 0 amide bonds. The summed E-state index contributed by atoms with van der Waals surface area (Å²) in [5.41, 5.74) is 0. The largest absolute Gasteiger partial charge is 0.468 e. The van der Waals surface area contributed by atoms with E-state index in [-0.39, 0.29) is 30.0 Å². The molecule has 8 nitrogen and oxygen atoms in total. The smallest absolute Gasteiger partial charge is 0.191 e. The van der Waals surface area contributed by atoms with Crippen LogP contribution in [0.4, 0.5) is 0 Å². The zero-order chi connectivity index (χ0) is 19.9. The second-order valence-corrected chi connectivity index (χ2v) is 7.85. The summed E-state index contributed by atoms with van der Waals surface area (Å²) in [7, 11) is 0. The molecule has 2 aromatic rings. The Morgan fingerprint density at radius 3 is 2.73 bits per heavy atom. The molecule has 0 spiro atoms. The van der Waals surface area contributed by atoms with E-state index in [1.165, 1.54) is 32.1 Å². The van der Waals surface area contributed by atoms with Crippen molar-refractivity contribution in [3.63, 3.8) is 0 Å². The number of likely N-dealkylation sites (tertiary alicyclic amines) is 1. The Morgan fingerprint density at radius 1 is 1.13 bits per heavy atom. The minimum absolute atomic E-state index is 0. The molecule has 166 valence electrons. The maximum atomic E-state index is 5.76. The summed E-state index contributed by atoms with van der Waals surface area (Å²) in [6, 6.07) is 4.27. The number of halogens is 1. The molecule has 4 rings (SSSR count). The van der Waals surface area contributed by atoms with Crippen LogP contribution in [-0.4, -0.2) is 51.8 Å². The van der Waals surface area contributed by atoms with E-state index in [0.29, 0.717) is 6.54 Å². The third-order valence-electron chi connectivity index (χ3n) is 5.82. The number of nitrogens with one attached hydrogen (secondary N) is 2. The first-order valence-electron chi connectivity index (χ1n) is 11.1. The molecular formula is C21H34IN7O. The number of furan rings is 1. The maximum absolute atomic E-state index is 5.76. The van der Waals surface area contributed by atoms with Gasteiger partial charge in [0.05, 0.1) is 12.3 Å². The summed E-state index contributed by atoms with van der Waals surface area (Å²) in [4.78, 5) is 7.31. The summed E-state index contributed by atoms with van der Waals surface area (Å²) < 4.78 is 7.99.